The molecule has 1 N–H and O–H groups in total. The number of halogens is 2. The number of aromatic nitrogens is 1. The topological polar surface area (TPSA) is 38.1 Å². The van der Waals surface area contributed by atoms with E-state index in [1.807, 2.05) is 13.8 Å². The van der Waals surface area contributed by atoms with Crippen molar-refractivity contribution in [3.8, 4) is 0 Å². The first kappa shape index (κ1) is 12.7. The molecule has 96 valence electrons. The molecule has 0 atom stereocenters. The van der Waals surface area contributed by atoms with Crippen LogP contribution in [-0.4, -0.2) is 4.98 Å². The van der Waals surface area contributed by atoms with Gasteiger partial charge in [0.05, 0.1) is 12.2 Å². The minimum atomic E-state index is -0.836. The molecule has 0 bridgehead atoms. The summed E-state index contributed by atoms with van der Waals surface area (Å²) in [5.74, 6) is -0.290. The van der Waals surface area contributed by atoms with Crippen LogP contribution >= 0.6 is 0 Å². The monoisotopic (exact) mass is 252 g/mol. The van der Waals surface area contributed by atoms with Crippen LogP contribution < -0.4 is 5.32 Å². The standard InChI is InChI=1S/C13H14F2N2O/c1-8-9(2)18-13(17-8)7-16-6-10-3-4-11(14)12(15)5-10/h3-5,16H,6-7H2,1-2H3. The van der Waals surface area contributed by atoms with Gasteiger partial charge in [0.15, 0.2) is 11.6 Å². The van der Waals surface area contributed by atoms with Gasteiger partial charge in [-0.2, -0.15) is 0 Å². The quantitative estimate of drug-likeness (QED) is 0.909. The fraction of sp³-hybridized carbons (Fsp3) is 0.308. The third-order valence-corrected chi connectivity index (χ3v) is 2.66. The van der Waals surface area contributed by atoms with Crippen LogP contribution in [-0.2, 0) is 13.1 Å². The summed E-state index contributed by atoms with van der Waals surface area (Å²) in [4.78, 5) is 4.21. The maximum Gasteiger partial charge on any atom is 0.208 e. The van der Waals surface area contributed by atoms with Gasteiger partial charge in [-0.05, 0) is 31.5 Å². The minimum Gasteiger partial charge on any atom is -0.444 e. The summed E-state index contributed by atoms with van der Waals surface area (Å²) in [5, 5.41) is 3.06. The third-order valence-electron chi connectivity index (χ3n) is 2.66. The third kappa shape index (κ3) is 2.92. The number of hydrogen-bond donors (Lipinski definition) is 1. The maximum absolute atomic E-state index is 13.0. The maximum atomic E-state index is 13.0. The molecule has 1 aromatic heterocycles. The fourth-order valence-corrected chi connectivity index (χ4v) is 1.58. The molecule has 0 aliphatic rings. The molecule has 0 radical (unpaired) electrons. The first-order valence-corrected chi connectivity index (χ1v) is 5.64. The van der Waals surface area contributed by atoms with E-state index < -0.39 is 11.6 Å². The second kappa shape index (κ2) is 5.27. The van der Waals surface area contributed by atoms with Crippen molar-refractivity contribution >= 4 is 0 Å². The van der Waals surface area contributed by atoms with Crippen molar-refractivity contribution in [2.75, 3.05) is 0 Å². The van der Waals surface area contributed by atoms with Gasteiger partial charge in [-0.3, -0.25) is 0 Å². The number of rotatable bonds is 4. The number of benzene rings is 1. The van der Waals surface area contributed by atoms with Crippen molar-refractivity contribution in [3.05, 3.63) is 52.7 Å². The molecule has 0 amide bonds. The van der Waals surface area contributed by atoms with Crippen molar-refractivity contribution in [1.29, 1.82) is 0 Å². The van der Waals surface area contributed by atoms with E-state index in [-0.39, 0.29) is 0 Å². The summed E-state index contributed by atoms with van der Waals surface area (Å²) >= 11 is 0. The molecular formula is C13H14F2N2O. The number of hydrogen-bond acceptors (Lipinski definition) is 3. The molecule has 1 aromatic carbocycles. The van der Waals surface area contributed by atoms with E-state index in [1.54, 1.807) is 0 Å². The highest BCUT2D eigenvalue weighted by Crippen LogP contribution is 2.10. The predicted octanol–water partition coefficient (Wildman–Crippen LogP) is 2.86. The lowest BCUT2D eigenvalue weighted by molar-refractivity contribution is 0.448. The summed E-state index contributed by atoms with van der Waals surface area (Å²) in [5.41, 5.74) is 1.54. The Morgan fingerprint density at radius 3 is 2.56 bits per heavy atom. The van der Waals surface area contributed by atoms with Crippen LogP contribution in [0.5, 0.6) is 0 Å². The van der Waals surface area contributed by atoms with Crippen LogP contribution in [0.2, 0.25) is 0 Å². The van der Waals surface area contributed by atoms with E-state index in [2.05, 4.69) is 10.3 Å². The Balaban J connectivity index is 1.90. The van der Waals surface area contributed by atoms with Gasteiger partial charge in [-0.25, -0.2) is 13.8 Å². The van der Waals surface area contributed by atoms with Crippen LogP contribution in [0.25, 0.3) is 0 Å². The summed E-state index contributed by atoms with van der Waals surface area (Å²) in [7, 11) is 0. The predicted molar refractivity (Wildman–Crippen MR) is 62.9 cm³/mol. The Labute approximate surface area is 104 Å². The number of nitrogens with one attached hydrogen (secondary N) is 1. The summed E-state index contributed by atoms with van der Waals surface area (Å²) < 4.78 is 31.1. The van der Waals surface area contributed by atoms with E-state index in [0.29, 0.717) is 24.5 Å². The molecule has 0 unspecified atom stereocenters. The second-order valence-electron chi connectivity index (χ2n) is 4.10. The normalized spacial score (nSPS) is 10.9. The van der Waals surface area contributed by atoms with E-state index in [4.69, 9.17) is 4.42 Å². The SMILES string of the molecule is Cc1nc(CNCc2ccc(F)c(F)c2)oc1C. The number of aryl methyl sites for hydroxylation is 2. The van der Waals surface area contributed by atoms with Crippen LogP contribution in [0.3, 0.4) is 0 Å². The molecule has 18 heavy (non-hydrogen) atoms. The first-order valence-electron chi connectivity index (χ1n) is 5.64. The minimum absolute atomic E-state index is 0.428. The van der Waals surface area contributed by atoms with Gasteiger partial charge in [0.25, 0.3) is 0 Å². The number of nitrogens with zero attached hydrogens (tertiary/aromatic N) is 1. The molecule has 0 aliphatic heterocycles. The molecule has 2 aromatic rings. The number of oxazole rings is 1. The van der Waals surface area contributed by atoms with Gasteiger partial charge >= 0.3 is 0 Å². The molecule has 5 heteroatoms. The van der Waals surface area contributed by atoms with Gasteiger partial charge in [-0.1, -0.05) is 6.07 Å². The largest absolute Gasteiger partial charge is 0.444 e. The highest BCUT2D eigenvalue weighted by atomic mass is 19.2. The Kier molecular flexibility index (Phi) is 3.72. The van der Waals surface area contributed by atoms with Gasteiger partial charge < -0.3 is 9.73 Å². The van der Waals surface area contributed by atoms with Gasteiger partial charge in [0.2, 0.25) is 5.89 Å². The summed E-state index contributed by atoms with van der Waals surface area (Å²) in [6.07, 6.45) is 0. The Bertz CT molecular complexity index is 532. The van der Waals surface area contributed by atoms with Crippen LogP contribution in [0, 0.1) is 25.5 Å². The zero-order valence-electron chi connectivity index (χ0n) is 10.3. The molecule has 0 aliphatic carbocycles. The molecule has 1 heterocycles. The zero-order chi connectivity index (χ0) is 13.1. The fourth-order valence-electron chi connectivity index (χ4n) is 1.58. The van der Waals surface area contributed by atoms with E-state index in [1.165, 1.54) is 12.1 Å². The van der Waals surface area contributed by atoms with Crippen molar-refractivity contribution < 1.29 is 13.2 Å². The average Bonchev–Trinajstić information content (AvgIpc) is 2.63. The second-order valence-corrected chi connectivity index (χ2v) is 4.10. The smallest absolute Gasteiger partial charge is 0.208 e. The first-order chi connectivity index (χ1) is 8.56. The molecule has 0 spiro atoms. The lowest BCUT2D eigenvalue weighted by Crippen LogP contribution is -2.13. The van der Waals surface area contributed by atoms with Gasteiger partial charge in [-0.15, -0.1) is 0 Å². The highest BCUT2D eigenvalue weighted by Gasteiger charge is 2.06. The summed E-state index contributed by atoms with van der Waals surface area (Å²) in [6, 6.07) is 3.83. The Morgan fingerprint density at radius 2 is 1.94 bits per heavy atom. The van der Waals surface area contributed by atoms with Crippen LogP contribution in [0.15, 0.2) is 22.6 Å². The van der Waals surface area contributed by atoms with Gasteiger partial charge in [0.1, 0.15) is 5.76 Å². The van der Waals surface area contributed by atoms with E-state index >= 15 is 0 Å². The summed E-state index contributed by atoms with van der Waals surface area (Å²) in [6.45, 7) is 4.60. The van der Waals surface area contributed by atoms with Gasteiger partial charge in [0, 0.05) is 6.54 Å². The average molecular weight is 252 g/mol. The van der Waals surface area contributed by atoms with Crippen LogP contribution in [0.4, 0.5) is 8.78 Å². The van der Waals surface area contributed by atoms with Crippen molar-refractivity contribution in [3.63, 3.8) is 0 Å². The lowest BCUT2D eigenvalue weighted by atomic mass is 10.2. The molecular weight excluding hydrogens is 238 g/mol. The molecule has 0 saturated carbocycles. The highest BCUT2D eigenvalue weighted by molar-refractivity contribution is 5.17. The Hall–Kier alpha value is -1.75. The van der Waals surface area contributed by atoms with E-state index in [9.17, 15) is 8.78 Å². The molecule has 3 nitrogen and oxygen atoms in total. The Morgan fingerprint density at radius 1 is 1.17 bits per heavy atom. The zero-order valence-corrected chi connectivity index (χ0v) is 10.3. The van der Waals surface area contributed by atoms with Crippen molar-refractivity contribution in [2.45, 2.75) is 26.9 Å². The van der Waals surface area contributed by atoms with Crippen molar-refractivity contribution in [1.82, 2.24) is 10.3 Å². The molecule has 0 fully saturated rings. The van der Waals surface area contributed by atoms with Crippen LogP contribution in [0.1, 0.15) is 22.9 Å². The molecule has 2 rings (SSSR count). The van der Waals surface area contributed by atoms with E-state index in [0.717, 1.165) is 17.5 Å². The molecule has 0 saturated heterocycles. The lowest BCUT2D eigenvalue weighted by Gasteiger charge is -2.03. The van der Waals surface area contributed by atoms with Crippen molar-refractivity contribution in [2.24, 2.45) is 0 Å².